The number of aryl methyl sites for hydroxylation is 3. The van der Waals surface area contributed by atoms with Crippen LogP contribution in [0.2, 0.25) is 0 Å². The lowest BCUT2D eigenvalue weighted by Crippen LogP contribution is -2.33. The highest BCUT2D eigenvalue weighted by Gasteiger charge is 2.38. The number of nitrogens with zero attached hydrogens (tertiary/aromatic N) is 1. The van der Waals surface area contributed by atoms with Gasteiger partial charge in [-0.25, -0.2) is 8.78 Å². The van der Waals surface area contributed by atoms with E-state index in [1.165, 1.54) is 17.7 Å². The first-order chi connectivity index (χ1) is 15.7. The lowest BCUT2D eigenvalue weighted by molar-refractivity contribution is -0.146. The Morgan fingerprint density at radius 1 is 1.06 bits per heavy atom. The van der Waals surface area contributed by atoms with E-state index < -0.39 is 29.6 Å². The first kappa shape index (κ1) is 25.8. The maximum Gasteiger partial charge on any atom is 0.306 e. The van der Waals surface area contributed by atoms with E-state index in [-0.39, 0.29) is 25.0 Å². The van der Waals surface area contributed by atoms with Gasteiger partial charge in [0.05, 0.1) is 5.92 Å². The number of alkyl halides is 2. The summed E-state index contributed by atoms with van der Waals surface area (Å²) in [6.45, 7) is 1.90. The zero-order valence-electron chi connectivity index (χ0n) is 20.0. The first-order valence-electron chi connectivity index (χ1n) is 12.8. The Hall–Kier alpha value is -1.85. The van der Waals surface area contributed by atoms with Crippen LogP contribution in [-0.2, 0) is 28.9 Å². The molecule has 0 aromatic carbocycles. The summed E-state index contributed by atoms with van der Waals surface area (Å²) in [6, 6.07) is 4.15. The molecule has 184 valence electrons. The fourth-order valence-electron chi connectivity index (χ4n) is 5.36. The van der Waals surface area contributed by atoms with Crippen LogP contribution < -0.4 is 0 Å². The van der Waals surface area contributed by atoms with E-state index in [0.29, 0.717) is 19.3 Å². The van der Waals surface area contributed by atoms with Gasteiger partial charge in [0.15, 0.2) is 0 Å². The Balaban J connectivity index is 1.42. The van der Waals surface area contributed by atoms with Crippen molar-refractivity contribution in [2.75, 3.05) is 0 Å². The number of carbonyl (C=O) groups excluding carboxylic acids is 1. The van der Waals surface area contributed by atoms with Gasteiger partial charge in [0, 0.05) is 36.1 Å². The number of unbranched alkanes of at least 4 members (excludes halogenated alkanes) is 1. The lowest BCUT2D eigenvalue weighted by atomic mass is 9.70. The molecule has 1 atom stereocenters. The van der Waals surface area contributed by atoms with Crippen LogP contribution in [0.15, 0.2) is 12.1 Å². The third kappa shape index (κ3) is 7.58. The molecule has 1 aromatic rings. The van der Waals surface area contributed by atoms with Crippen molar-refractivity contribution in [2.45, 2.75) is 116 Å². The monoisotopic (exact) mass is 463 g/mol. The predicted octanol–water partition coefficient (Wildman–Crippen LogP) is 6.72. The molecule has 33 heavy (non-hydrogen) atoms. The van der Waals surface area contributed by atoms with Crippen LogP contribution in [-0.4, -0.2) is 27.8 Å². The van der Waals surface area contributed by atoms with Crippen LogP contribution in [0.25, 0.3) is 0 Å². The number of fused-ring (bicyclic) bond motifs is 1. The number of hydrogen-bond donors (Lipinski definition) is 1. The Morgan fingerprint density at radius 3 is 2.52 bits per heavy atom. The van der Waals surface area contributed by atoms with Crippen molar-refractivity contribution in [3.8, 4) is 0 Å². The number of hydrogen-bond acceptors (Lipinski definition) is 3. The van der Waals surface area contributed by atoms with Crippen LogP contribution in [0.5, 0.6) is 0 Å². The molecule has 1 N–H and O–H groups in total. The van der Waals surface area contributed by atoms with Crippen molar-refractivity contribution in [2.24, 2.45) is 11.3 Å². The molecule has 6 heteroatoms. The predicted molar refractivity (Wildman–Crippen MR) is 125 cm³/mol. The molecule has 3 rings (SSSR count). The number of halogens is 2. The number of aliphatic carboxylic acids is 1. The highest BCUT2D eigenvalue weighted by molar-refractivity contribution is 5.88. The number of Topliss-reactive ketones (excluding diaryl/α,β-unsaturated/α-hetero) is 1. The van der Waals surface area contributed by atoms with E-state index >= 15 is 0 Å². The Labute approximate surface area is 196 Å². The van der Waals surface area contributed by atoms with Gasteiger partial charge in [-0.1, -0.05) is 32.3 Å². The molecule has 1 heterocycles. The second-order valence-corrected chi connectivity index (χ2v) is 10.5. The fraction of sp³-hybridized carbons (Fsp3) is 0.741. The van der Waals surface area contributed by atoms with Gasteiger partial charge in [-0.2, -0.15) is 0 Å². The van der Waals surface area contributed by atoms with Crippen molar-refractivity contribution >= 4 is 11.8 Å². The molecule has 0 bridgehead atoms. The van der Waals surface area contributed by atoms with Crippen LogP contribution in [0.3, 0.4) is 0 Å². The molecule has 0 saturated heterocycles. The Kier molecular flexibility index (Phi) is 9.00. The number of aromatic nitrogens is 1. The molecule has 0 unspecified atom stereocenters. The maximum atomic E-state index is 14.5. The lowest BCUT2D eigenvalue weighted by Gasteiger charge is -2.33. The molecule has 0 radical (unpaired) electrons. The first-order valence-corrected chi connectivity index (χ1v) is 12.8. The molecular formula is C27H39F2NO3. The molecule has 1 fully saturated rings. The summed E-state index contributed by atoms with van der Waals surface area (Å²) < 4.78 is 28.9. The normalized spacial score (nSPS) is 19.0. The number of ketones is 1. The molecule has 2 aliphatic carbocycles. The largest absolute Gasteiger partial charge is 0.481 e. The highest BCUT2D eigenvalue weighted by Crippen LogP contribution is 2.39. The van der Waals surface area contributed by atoms with E-state index in [0.717, 1.165) is 57.1 Å². The molecule has 0 aliphatic heterocycles. The molecular weight excluding hydrogens is 424 g/mol. The van der Waals surface area contributed by atoms with Crippen LogP contribution in [0.1, 0.15) is 107 Å². The summed E-state index contributed by atoms with van der Waals surface area (Å²) in [5.74, 6) is -5.15. The minimum absolute atomic E-state index is 0.0736. The molecule has 1 saturated carbocycles. The number of carboxylic acid groups (broad SMARTS) is 1. The van der Waals surface area contributed by atoms with E-state index in [1.807, 2.05) is 13.0 Å². The maximum absolute atomic E-state index is 14.5. The van der Waals surface area contributed by atoms with Crippen LogP contribution in [0.4, 0.5) is 8.78 Å². The Morgan fingerprint density at radius 2 is 1.79 bits per heavy atom. The number of carboxylic acids is 1. The van der Waals surface area contributed by atoms with E-state index in [4.69, 9.17) is 4.98 Å². The van der Waals surface area contributed by atoms with Gasteiger partial charge in [0.2, 0.25) is 5.92 Å². The number of pyridine rings is 1. The SMILES string of the molecule is CC1(C(=O)C[C@H](CCC(F)(F)CCCCc2ccc3c(n2)CCCC3)C(=O)O)CCCCC1. The minimum atomic E-state index is -2.91. The third-order valence-electron chi connectivity index (χ3n) is 7.73. The van der Waals surface area contributed by atoms with Crippen molar-refractivity contribution < 1.29 is 23.5 Å². The van der Waals surface area contributed by atoms with Gasteiger partial charge >= 0.3 is 5.97 Å². The van der Waals surface area contributed by atoms with Gasteiger partial charge in [-0.15, -0.1) is 0 Å². The van der Waals surface area contributed by atoms with Gasteiger partial charge < -0.3 is 5.11 Å². The smallest absolute Gasteiger partial charge is 0.306 e. The van der Waals surface area contributed by atoms with Crippen LogP contribution >= 0.6 is 0 Å². The van der Waals surface area contributed by atoms with Gasteiger partial charge in [0.25, 0.3) is 0 Å². The fourth-order valence-corrected chi connectivity index (χ4v) is 5.36. The van der Waals surface area contributed by atoms with E-state index in [1.54, 1.807) is 0 Å². The molecule has 2 aliphatic rings. The number of rotatable bonds is 12. The summed E-state index contributed by atoms with van der Waals surface area (Å²) >= 11 is 0. The zero-order valence-corrected chi connectivity index (χ0v) is 20.0. The molecule has 0 spiro atoms. The summed E-state index contributed by atoms with van der Waals surface area (Å²) in [5, 5.41) is 9.52. The van der Waals surface area contributed by atoms with Crippen molar-refractivity contribution in [3.63, 3.8) is 0 Å². The van der Waals surface area contributed by atoms with Crippen molar-refractivity contribution in [3.05, 3.63) is 29.1 Å². The summed E-state index contributed by atoms with van der Waals surface area (Å²) in [7, 11) is 0. The van der Waals surface area contributed by atoms with Gasteiger partial charge in [0.1, 0.15) is 5.78 Å². The molecule has 1 aromatic heterocycles. The second-order valence-electron chi connectivity index (χ2n) is 10.5. The van der Waals surface area contributed by atoms with Crippen LogP contribution in [0, 0.1) is 11.3 Å². The zero-order chi connectivity index (χ0) is 23.9. The molecule has 4 nitrogen and oxygen atoms in total. The minimum Gasteiger partial charge on any atom is -0.481 e. The van der Waals surface area contributed by atoms with E-state index in [9.17, 15) is 23.5 Å². The van der Waals surface area contributed by atoms with Gasteiger partial charge in [-0.05, 0) is 75.8 Å². The summed E-state index contributed by atoms with van der Waals surface area (Å²) in [4.78, 5) is 29.1. The van der Waals surface area contributed by atoms with Crippen molar-refractivity contribution in [1.29, 1.82) is 0 Å². The third-order valence-corrected chi connectivity index (χ3v) is 7.73. The Bertz CT molecular complexity index is 818. The molecule has 0 amide bonds. The quantitative estimate of drug-likeness (QED) is 0.349. The van der Waals surface area contributed by atoms with E-state index in [2.05, 4.69) is 6.07 Å². The standard InChI is InChI=1S/C27H39F2NO3/c1-26(15-6-2-7-16-26)24(31)19-21(25(32)33)14-18-27(28,29)17-8-5-10-22-13-12-20-9-3-4-11-23(20)30-22/h12-13,21H,2-11,14-19H2,1H3,(H,32,33)/t21-/m0/s1. The second kappa shape index (κ2) is 11.5. The average molecular weight is 464 g/mol. The van der Waals surface area contributed by atoms with Crippen molar-refractivity contribution in [1.82, 2.24) is 4.98 Å². The summed E-state index contributed by atoms with van der Waals surface area (Å²) in [6.07, 6.45) is 9.72. The average Bonchev–Trinajstić information content (AvgIpc) is 2.79. The topological polar surface area (TPSA) is 67.3 Å². The van der Waals surface area contributed by atoms with Gasteiger partial charge in [-0.3, -0.25) is 14.6 Å². The highest BCUT2D eigenvalue weighted by atomic mass is 19.3. The number of carbonyl (C=O) groups is 2. The summed E-state index contributed by atoms with van der Waals surface area (Å²) in [5.41, 5.74) is 2.97.